The molecule has 25 heavy (non-hydrogen) atoms. The molecule has 0 radical (unpaired) electrons. The average molecular weight is 350 g/mol. The van der Waals surface area contributed by atoms with E-state index >= 15 is 0 Å². The Kier molecular flexibility index (Phi) is 5.97. The van der Waals surface area contributed by atoms with Crippen LogP contribution >= 0.6 is 0 Å². The fourth-order valence-electron chi connectivity index (χ4n) is 2.95. The van der Waals surface area contributed by atoms with Crippen LogP contribution < -0.4 is 10.6 Å². The normalized spacial score (nSPS) is 21.6. The fourth-order valence-corrected chi connectivity index (χ4v) is 2.95. The number of nitro groups is 1. The van der Waals surface area contributed by atoms with Gasteiger partial charge in [-0.3, -0.25) is 15.0 Å². The number of carbonyl (C=O) groups is 1. The Bertz CT molecular complexity index is 625. The zero-order valence-corrected chi connectivity index (χ0v) is 15.1. The van der Waals surface area contributed by atoms with Crippen LogP contribution in [-0.4, -0.2) is 53.2 Å². The highest BCUT2D eigenvalue weighted by molar-refractivity contribution is 5.89. The molecule has 1 fully saturated rings. The summed E-state index contributed by atoms with van der Waals surface area (Å²) in [5.74, 6) is 0. The van der Waals surface area contributed by atoms with Gasteiger partial charge in [0, 0.05) is 43.0 Å². The van der Waals surface area contributed by atoms with Crippen LogP contribution in [0.1, 0.15) is 27.7 Å². The maximum atomic E-state index is 12.1. The van der Waals surface area contributed by atoms with Crippen molar-refractivity contribution in [2.75, 3.05) is 25.0 Å². The topological polar surface area (TPSA) is 96.7 Å². The molecular formula is C17H26N4O4. The number of nitrogens with one attached hydrogen (secondary N) is 2. The van der Waals surface area contributed by atoms with E-state index in [1.165, 1.54) is 18.2 Å². The zero-order chi connectivity index (χ0) is 18.6. The van der Waals surface area contributed by atoms with Gasteiger partial charge in [0.25, 0.3) is 5.69 Å². The molecule has 2 unspecified atom stereocenters. The highest BCUT2D eigenvalue weighted by atomic mass is 16.6. The number of morpholine rings is 1. The minimum absolute atomic E-state index is 0.0607. The number of rotatable bonds is 5. The largest absolute Gasteiger partial charge is 0.373 e. The van der Waals surface area contributed by atoms with Gasteiger partial charge in [0.1, 0.15) is 0 Å². The molecule has 1 aromatic rings. The van der Waals surface area contributed by atoms with E-state index in [-0.39, 0.29) is 29.5 Å². The second-order valence-corrected chi connectivity index (χ2v) is 7.09. The van der Waals surface area contributed by atoms with Crippen LogP contribution in [0.5, 0.6) is 0 Å². The monoisotopic (exact) mass is 350 g/mol. The number of benzene rings is 1. The lowest BCUT2D eigenvalue weighted by Gasteiger charge is -2.45. The number of nitrogens with zero attached hydrogens (tertiary/aromatic N) is 2. The Hall–Kier alpha value is -2.19. The van der Waals surface area contributed by atoms with Crippen LogP contribution in [0.15, 0.2) is 24.3 Å². The van der Waals surface area contributed by atoms with E-state index in [1.54, 1.807) is 6.07 Å². The third-order valence-corrected chi connectivity index (χ3v) is 4.27. The smallest absolute Gasteiger partial charge is 0.319 e. The van der Waals surface area contributed by atoms with Gasteiger partial charge in [0.05, 0.1) is 17.1 Å². The molecule has 2 atom stereocenters. The molecule has 0 aliphatic carbocycles. The molecule has 0 bridgehead atoms. The van der Waals surface area contributed by atoms with Gasteiger partial charge in [0.2, 0.25) is 0 Å². The molecular weight excluding hydrogens is 324 g/mol. The van der Waals surface area contributed by atoms with Crippen LogP contribution in [0.25, 0.3) is 0 Å². The number of carbonyl (C=O) groups excluding carboxylic acids is 1. The lowest BCUT2D eigenvalue weighted by atomic mass is 10.00. The van der Waals surface area contributed by atoms with Gasteiger partial charge in [-0.25, -0.2) is 4.79 Å². The number of ether oxygens (including phenoxy) is 1. The van der Waals surface area contributed by atoms with E-state index in [2.05, 4.69) is 29.4 Å². The summed E-state index contributed by atoms with van der Waals surface area (Å²) in [4.78, 5) is 24.7. The molecule has 0 aromatic heterocycles. The maximum absolute atomic E-state index is 12.1. The van der Waals surface area contributed by atoms with E-state index in [9.17, 15) is 14.9 Å². The van der Waals surface area contributed by atoms with Crippen LogP contribution in [-0.2, 0) is 4.74 Å². The average Bonchev–Trinajstić information content (AvgIpc) is 2.52. The maximum Gasteiger partial charge on any atom is 0.319 e. The number of hydrogen-bond donors (Lipinski definition) is 2. The molecule has 0 spiro atoms. The quantitative estimate of drug-likeness (QED) is 0.628. The highest BCUT2D eigenvalue weighted by Crippen LogP contribution is 2.21. The number of non-ortho nitro benzene ring substituents is 1. The summed E-state index contributed by atoms with van der Waals surface area (Å²) >= 11 is 0. The van der Waals surface area contributed by atoms with Gasteiger partial charge < -0.3 is 15.4 Å². The molecule has 1 aliphatic heterocycles. The first-order valence-corrected chi connectivity index (χ1v) is 8.37. The first-order valence-electron chi connectivity index (χ1n) is 8.37. The van der Waals surface area contributed by atoms with Crippen molar-refractivity contribution in [2.24, 2.45) is 0 Å². The van der Waals surface area contributed by atoms with Crippen molar-refractivity contribution in [1.82, 2.24) is 10.2 Å². The first-order chi connectivity index (χ1) is 11.7. The van der Waals surface area contributed by atoms with Gasteiger partial charge in [-0.05, 0) is 33.8 Å². The molecule has 1 aliphatic rings. The zero-order valence-electron chi connectivity index (χ0n) is 15.1. The van der Waals surface area contributed by atoms with E-state index in [0.29, 0.717) is 12.2 Å². The van der Waals surface area contributed by atoms with Crippen LogP contribution in [0.2, 0.25) is 0 Å². The minimum Gasteiger partial charge on any atom is -0.373 e. The predicted molar refractivity (Wildman–Crippen MR) is 95.8 cm³/mol. The van der Waals surface area contributed by atoms with Gasteiger partial charge in [-0.15, -0.1) is 0 Å². The summed E-state index contributed by atoms with van der Waals surface area (Å²) in [7, 11) is 0. The summed E-state index contributed by atoms with van der Waals surface area (Å²) in [6.07, 6.45) is 0.309. The summed E-state index contributed by atoms with van der Waals surface area (Å²) in [5.41, 5.74) is 0.0966. The van der Waals surface area contributed by atoms with Crippen molar-refractivity contribution in [3.05, 3.63) is 34.4 Å². The van der Waals surface area contributed by atoms with E-state index in [0.717, 1.165) is 13.1 Å². The van der Waals surface area contributed by atoms with Gasteiger partial charge in [-0.2, -0.15) is 0 Å². The first kappa shape index (κ1) is 19.1. The third-order valence-electron chi connectivity index (χ3n) is 4.27. The lowest BCUT2D eigenvalue weighted by Crippen LogP contribution is -2.58. The SMILES string of the molecule is CC1CN(C(C)(C)CNC(=O)Nc2cccc([N+](=O)[O-])c2)CC(C)O1. The van der Waals surface area contributed by atoms with E-state index in [1.807, 2.05) is 13.8 Å². The van der Waals surface area contributed by atoms with Gasteiger partial charge in [0.15, 0.2) is 0 Å². The standard InChI is InChI=1S/C17H26N4O4/c1-12-9-20(10-13(2)25-12)17(3,4)11-18-16(22)19-14-6-5-7-15(8-14)21(23)24/h5-8,12-13H,9-11H2,1-4H3,(H2,18,19,22). The molecule has 1 saturated heterocycles. The fraction of sp³-hybridized carbons (Fsp3) is 0.588. The van der Waals surface area contributed by atoms with Crippen LogP contribution in [0.3, 0.4) is 0 Å². The molecule has 8 nitrogen and oxygen atoms in total. The molecule has 1 heterocycles. The summed E-state index contributed by atoms with van der Waals surface area (Å²) < 4.78 is 5.75. The van der Waals surface area contributed by atoms with Crippen LogP contribution in [0.4, 0.5) is 16.2 Å². The Morgan fingerprint density at radius 2 is 2.00 bits per heavy atom. The van der Waals surface area contributed by atoms with Crippen molar-refractivity contribution in [3.8, 4) is 0 Å². The Labute approximate surface area is 147 Å². The molecule has 138 valence electrons. The summed E-state index contributed by atoms with van der Waals surface area (Å²) in [5, 5.41) is 16.3. The predicted octanol–water partition coefficient (Wildman–Crippen LogP) is 2.60. The van der Waals surface area contributed by atoms with Gasteiger partial charge in [-0.1, -0.05) is 6.07 Å². The Morgan fingerprint density at radius 3 is 2.60 bits per heavy atom. The number of nitro benzene ring substituents is 1. The number of urea groups is 1. The molecule has 1 aromatic carbocycles. The number of hydrogen-bond acceptors (Lipinski definition) is 5. The second kappa shape index (κ2) is 7.79. The second-order valence-electron chi connectivity index (χ2n) is 7.09. The lowest BCUT2D eigenvalue weighted by molar-refractivity contribution is -0.384. The van der Waals surface area contributed by atoms with Crippen LogP contribution in [0, 0.1) is 10.1 Å². The summed E-state index contributed by atoms with van der Waals surface area (Å²) in [6.45, 7) is 10.3. The Balaban J connectivity index is 1.90. The van der Waals surface area contributed by atoms with Crippen molar-refractivity contribution >= 4 is 17.4 Å². The number of amides is 2. The van der Waals surface area contributed by atoms with Crippen molar-refractivity contribution in [1.29, 1.82) is 0 Å². The van der Waals surface area contributed by atoms with E-state index in [4.69, 9.17) is 4.74 Å². The molecule has 2 amide bonds. The highest BCUT2D eigenvalue weighted by Gasteiger charge is 2.33. The van der Waals surface area contributed by atoms with Crippen molar-refractivity contribution in [2.45, 2.75) is 45.4 Å². The Morgan fingerprint density at radius 1 is 1.36 bits per heavy atom. The van der Waals surface area contributed by atoms with Crippen molar-refractivity contribution in [3.63, 3.8) is 0 Å². The van der Waals surface area contributed by atoms with E-state index < -0.39 is 4.92 Å². The molecule has 2 rings (SSSR count). The molecule has 0 saturated carbocycles. The molecule has 2 N–H and O–H groups in total. The minimum atomic E-state index is -0.493. The van der Waals surface area contributed by atoms with Gasteiger partial charge >= 0.3 is 6.03 Å². The third kappa shape index (κ3) is 5.40. The number of anilines is 1. The van der Waals surface area contributed by atoms with Crippen molar-refractivity contribution < 1.29 is 14.5 Å². The summed E-state index contributed by atoms with van der Waals surface area (Å²) in [6, 6.07) is 5.48. The molecule has 8 heteroatoms.